The van der Waals surface area contributed by atoms with E-state index in [0.717, 1.165) is 61.4 Å². The first-order valence-electron chi connectivity index (χ1n) is 19.0. The Morgan fingerprint density at radius 3 is 2.53 bits per heavy atom. The second-order valence-electron chi connectivity index (χ2n) is 14.4. The van der Waals surface area contributed by atoms with Crippen molar-refractivity contribution < 1.29 is 27.6 Å². The molecule has 0 radical (unpaired) electrons. The Balaban J connectivity index is 1.04. The molecule has 57 heavy (non-hydrogen) atoms. The monoisotopic (exact) mass is 786 g/mol. The summed E-state index contributed by atoms with van der Waals surface area (Å²) in [6.45, 7) is 3.58. The maximum atomic E-state index is 13.8. The van der Waals surface area contributed by atoms with Crippen LogP contribution >= 0.6 is 0 Å². The molecule has 14 heteroatoms. The normalized spacial score (nSPS) is 16.4. The summed E-state index contributed by atoms with van der Waals surface area (Å²) in [5, 5.41) is 15.9. The number of carbonyl (C=O) groups is 1. The summed E-state index contributed by atoms with van der Waals surface area (Å²) >= 11 is 0. The van der Waals surface area contributed by atoms with Crippen molar-refractivity contribution in [3.63, 3.8) is 0 Å². The van der Waals surface area contributed by atoms with E-state index in [1.165, 1.54) is 35.5 Å². The molecule has 1 unspecified atom stereocenters. The number of rotatable bonds is 13. The Bertz CT molecular complexity index is 2500. The molecule has 0 saturated carbocycles. The fourth-order valence-corrected chi connectivity index (χ4v) is 8.59. The van der Waals surface area contributed by atoms with Crippen LogP contribution in [-0.2, 0) is 21.3 Å². The number of aromatic nitrogens is 2. The minimum atomic E-state index is -4.55. The standard InChI is InChI=1S/C43H42N6O7S/c50-43(47-57(53,54)36-13-15-38(40(25-36)49(51)52)45-26-29-17-21-55-22-18-29)37-14-12-33(24-41(37)56-35-23-34-16-19-44-42(34)46-27-35)31-10-8-30(9-11-31)28-48-20-4-7-39(48)32-5-2-1-3-6-32/h1-3,5-6,8-16,19,23-25,27,29,39,45H,4,7,17-18,20-22,26,28H2,(H,44,46)(H,47,50). The fourth-order valence-electron chi connectivity index (χ4n) is 7.60. The van der Waals surface area contributed by atoms with Gasteiger partial charge in [-0.3, -0.25) is 19.8 Å². The van der Waals surface area contributed by atoms with Crippen molar-refractivity contribution in [3.05, 3.63) is 142 Å². The number of nitro groups is 1. The van der Waals surface area contributed by atoms with Crippen molar-refractivity contribution in [1.82, 2.24) is 19.6 Å². The number of nitro benzene ring substituents is 1. The highest BCUT2D eigenvalue weighted by Gasteiger charge is 2.28. The summed E-state index contributed by atoms with van der Waals surface area (Å²) in [4.78, 5) is 34.7. The van der Waals surface area contributed by atoms with Crippen molar-refractivity contribution in [2.45, 2.75) is 43.2 Å². The summed E-state index contributed by atoms with van der Waals surface area (Å²) in [5.41, 5.74) is 4.50. The van der Waals surface area contributed by atoms with E-state index >= 15 is 0 Å². The van der Waals surface area contributed by atoms with Crippen molar-refractivity contribution >= 4 is 38.3 Å². The van der Waals surface area contributed by atoms with Crippen LogP contribution in [0, 0.1) is 16.0 Å². The van der Waals surface area contributed by atoms with Crippen LogP contribution in [0.2, 0.25) is 0 Å². The van der Waals surface area contributed by atoms with Gasteiger partial charge < -0.3 is 19.8 Å². The molecular formula is C43H42N6O7S. The molecule has 0 bridgehead atoms. The Kier molecular flexibility index (Phi) is 11.0. The first-order valence-corrected chi connectivity index (χ1v) is 20.5. The van der Waals surface area contributed by atoms with Crippen LogP contribution in [0.1, 0.15) is 53.2 Å². The predicted molar refractivity (Wildman–Crippen MR) is 217 cm³/mol. The summed E-state index contributed by atoms with van der Waals surface area (Å²) in [6.07, 6.45) is 7.18. The predicted octanol–water partition coefficient (Wildman–Crippen LogP) is 8.22. The highest BCUT2D eigenvalue weighted by atomic mass is 32.2. The number of sulfonamides is 1. The van der Waals surface area contributed by atoms with Gasteiger partial charge in [-0.15, -0.1) is 0 Å². The lowest BCUT2D eigenvalue weighted by molar-refractivity contribution is -0.384. The number of likely N-dealkylation sites (tertiary alicyclic amines) is 1. The van der Waals surface area contributed by atoms with Gasteiger partial charge in [0.2, 0.25) is 0 Å². The number of nitrogens with zero attached hydrogens (tertiary/aromatic N) is 3. The smallest absolute Gasteiger partial charge is 0.293 e. The van der Waals surface area contributed by atoms with Crippen molar-refractivity contribution in [1.29, 1.82) is 0 Å². The van der Waals surface area contributed by atoms with Gasteiger partial charge in [-0.05, 0) is 96.8 Å². The van der Waals surface area contributed by atoms with Crippen molar-refractivity contribution in [3.8, 4) is 22.6 Å². The molecule has 4 heterocycles. The number of anilines is 1. The van der Waals surface area contributed by atoms with Gasteiger partial charge in [-0.2, -0.15) is 0 Å². The SMILES string of the molecule is O=C(NS(=O)(=O)c1ccc(NCC2CCOCC2)c([N+](=O)[O-])c1)c1ccc(-c2ccc(CN3CCCC3c3ccccc3)cc2)cc1Oc1cnc2[nH]ccc2c1. The van der Waals surface area contributed by atoms with Gasteiger partial charge in [-0.1, -0.05) is 60.7 Å². The van der Waals surface area contributed by atoms with E-state index in [4.69, 9.17) is 9.47 Å². The van der Waals surface area contributed by atoms with E-state index in [1.54, 1.807) is 24.4 Å². The molecule has 2 aliphatic heterocycles. The van der Waals surface area contributed by atoms with E-state index < -0.39 is 31.4 Å². The van der Waals surface area contributed by atoms with Gasteiger partial charge in [0, 0.05) is 50.0 Å². The van der Waals surface area contributed by atoms with Gasteiger partial charge in [0.05, 0.1) is 21.6 Å². The molecule has 1 amide bonds. The summed E-state index contributed by atoms with van der Waals surface area (Å²) < 4.78 is 40.9. The van der Waals surface area contributed by atoms with Crippen LogP contribution in [0.15, 0.2) is 120 Å². The number of pyridine rings is 1. The third-order valence-electron chi connectivity index (χ3n) is 10.7. The van der Waals surface area contributed by atoms with Crippen LogP contribution in [0.4, 0.5) is 11.4 Å². The Morgan fingerprint density at radius 1 is 0.947 bits per heavy atom. The topological polar surface area (TPSA) is 169 Å². The van der Waals surface area contributed by atoms with Crippen LogP contribution in [0.5, 0.6) is 11.5 Å². The number of aromatic amines is 1. The number of H-pyrrole nitrogens is 1. The molecule has 4 aromatic carbocycles. The van der Waals surface area contributed by atoms with Gasteiger partial charge in [0.25, 0.3) is 21.6 Å². The lowest BCUT2D eigenvalue weighted by Gasteiger charge is -2.25. The highest BCUT2D eigenvalue weighted by Crippen LogP contribution is 2.35. The quantitative estimate of drug-likeness (QED) is 0.0766. The number of hydrogen-bond acceptors (Lipinski definition) is 10. The lowest BCUT2D eigenvalue weighted by Crippen LogP contribution is -2.31. The number of nitrogens with one attached hydrogen (secondary N) is 3. The first-order chi connectivity index (χ1) is 27.7. The molecule has 6 aromatic rings. The van der Waals surface area contributed by atoms with Crippen LogP contribution in [0.3, 0.4) is 0 Å². The molecule has 1 atom stereocenters. The fraction of sp³-hybridized carbons (Fsp3) is 0.256. The van der Waals surface area contributed by atoms with E-state index in [2.05, 4.69) is 61.3 Å². The van der Waals surface area contributed by atoms with Gasteiger partial charge in [-0.25, -0.2) is 18.1 Å². The number of benzene rings is 4. The zero-order chi connectivity index (χ0) is 39.4. The molecule has 8 rings (SSSR count). The van der Waals surface area contributed by atoms with Gasteiger partial charge in [0.15, 0.2) is 0 Å². The number of carbonyl (C=O) groups excluding carboxylic acids is 1. The van der Waals surface area contributed by atoms with Crippen molar-refractivity contribution in [2.24, 2.45) is 5.92 Å². The van der Waals surface area contributed by atoms with E-state index in [9.17, 15) is 23.3 Å². The molecule has 2 aromatic heterocycles. The Hall–Kier alpha value is -6.09. The third-order valence-corrected chi connectivity index (χ3v) is 12.0. The zero-order valence-corrected chi connectivity index (χ0v) is 31.9. The van der Waals surface area contributed by atoms with E-state index in [-0.39, 0.29) is 22.9 Å². The summed E-state index contributed by atoms with van der Waals surface area (Å²) in [6, 6.07) is 31.3. The first kappa shape index (κ1) is 37.8. The number of fused-ring (bicyclic) bond motifs is 1. The van der Waals surface area contributed by atoms with Gasteiger partial charge in [0.1, 0.15) is 22.8 Å². The largest absolute Gasteiger partial charge is 0.455 e. The van der Waals surface area contributed by atoms with E-state index in [1.807, 2.05) is 24.3 Å². The second-order valence-corrected chi connectivity index (χ2v) is 16.1. The minimum absolute atomic E-state index is 0.0571. The average molecular weight is 787 g/mol. The Labute approximate surface area is 330 Å². The third kappa shape index (κ3) is 8.68. The molecule has 3 N–H and O–H groups in total. The van der Waals surface area contributed by atoms with Crippen LogP contribution in [0.25, 0.3) is 22.2 Å². The van der Waals surface area contributed by atoms with Gasteiger partial charge >= 0.3 is 0 Å². The second kappa shape index (κ2) is 16.6. The number of hydrogen-bond donors (Lipinski definition) is 3. The average Bonchev–Trinajstić information content (AvgIpc) is 3.90. The molecular weight excluding hydrogens is 745 g/mol. The molecule has 292 valence electrons. The van der Waals surface area contributed by atoms with E-state index in [0.29, 0.717) is 37.2 Å². The molecule has 2 fully saturated rings. The van der Waals surface area contributed by atoms with Crippen molar-refractivity contribution in [2.75, 3.05) is 31.6 Å². The maximum absolute atomic E-state index is 13.8. The number of ether oxygens (including phenoxy) is 2. The summed E-state index contributed by atoms with van der Waals surface area (Å²) in [5.74, 6) is -0.255. The molecule has 0 aliphatic carbocycles. The Morgan fingerprint density at radius 2 is 1.74 bits per heavy atom. The minimum Gasteiger partial charge on any atom is -0.455 e. The maximum Gasteiger partial charge on any atom is 0.293 e. The number of amides is 1. The molecule has 0 spiro atoms. The van der Waals surface area contributed by atoms with Crippen LogP contribution in [-0.4, -0.2) is 60.4 Å². The molecule has 2 aliphatic rings. The van der Waals surface area contributed by atoms with Crippen LogP contribution < -0.4 is 14.8 Å². The summed E-state index contributed by atoms with van der Waals surface area (Å²) in [7, 11) is -4.55. The highest BCUT2D eigenvalue weighted by molar-refractivity contribution is 7.90. The zero-order valence-electron chi connectivity index (χ0n) is 31.1. The molecule has 2 saturated heterocycles. The molecule has 13 nitrogen and oxygen atoms in total. The lowest BCUT2D eigenvalue weighted by atomic mass is 10.0.